The molecule has 0 radical (unpaired) electrons. The number of aromatic nitrogens is 2. The molecule has 0 saturated carbocycles. The van der Waals surface area contributed by atoms with Gasteiger partial charge in [-0.1, -0.05) is 5.16 Å². The molecule has 3 rings (SSSR count). The van der Waals surface area contributed by atoms with Gasteiger partial charge >= 0.3 is 0 Å². The summed E-state index contributed by atoms with van der Waals surface area (Å²) in [5, 5.41) is 14.6. The molecule has 0 aliphatic carbocycles. The highest BCUT2D eigenvalue weighted by Gasteiger charge is 2.11. The summed E-state index contributed by atoms with van der Waals surface area (Å²) < 4.78 is 10.6. The van der Waals surface area contributed by atoms with Crippen molar-refractivity contribution in [2.45, 2.75) is 17.6 Å². The van der Waals surface area contributed by atoms with Crippen molar-refractivity contribution in [3.05, 3.63) is 64.5 Å². The van der Waals surface area contributed by atoms with Crippen molar-refractivity contribution in [2.24, 2.45) is 0 Å². The smallest absolute Gasteiger partial charge is 0.269 e. The molecule has 0 bridgehead atoms. The lowest BCUT2D eigenvalue weighted by Gasteiger charge is -2.03. The van der Waals surface area contributed by atoms with Gasteiger partial charge < -0.3 is 9.26 Å². The topological polar surface area (TPSA) is 91.3 Å². The van der Waals surface area contributed by atoms with Gasteiger partial charge in [-0.25, -0.2) is 0 Å². The maximum Gasteiger partial charge on any atom is 0.269 e. The Labute approximate surface area is 148 Å². The predicted molar refractivity (Wildman–Crippen MR) is 93.6 cm³/mol. The molecule has 0 atom stereocenters. The van der Waals surface area contributed by atoms with E-state index >= 15 is 0 Å². The zero-order valence-corrected chi connectivity index (χ0v) is 14.2. The molecule has 128 valence electrons. The summed E-state index contributed by atoms with van der Waals surface area (Å²) in [5.74, 6) is 2.28. The van der Waals surface area contributed by atoms with Crippen molar-refractivity contribution >= 4 is 17.4 Å². The number of non-ortho nitro benzene ring substituents is 1. The van der Waals surface area contributed by atoms with Crippen molar-refractivity contribution in [3.63, 3.8) is 0 Å². The molecule has 8 heteroatoms. The van der Waals surface area contributed by atoms with Crippen molar-refractivity contribution in [2.75, 3.05) is 6.61 Å². The SMILES string of the molecule is CCOc1ccc(SCc2nc(-c3ccc([N+](=O)[O-])cc3)no2)cc1. The Balaban J connectivity index is 1.62. The van der Waals surface area contributed by atoms with E-state index in [9.17, 15) is 10.1 Å². The Morgan fingerprint density at radius 3 is 2.52 bits per heavy atom. The third-order valence-electron chi connectivity index (χ3n) is 3.30. The van der Waals surface area contributed by atoms with E-state index in [2.05, 4.69) is 10.1 Å². The molecule has 1 heterocycles. The predicted octanol–water partition coefficient (Wildman–Crippen LogP) is 4.34. The van der Waals surface area contributed by atoms with E-state index in [1.807, 2.05) is 31.2 Å². The van der Waals surface area contributed by atoms with Gasteiger partial charge in [0, 0.05) is 22.6 Å². The van der Waals surface area contributed by atoms with E-state index in [0.717, 1.165) is 10.6 Å². The molecule has 0 amide bonds. The Hall–Kier alpha value is -2.87. The third-order valence-corrected chi connectivity index (χ3v) is 4.30. The molecule has 25 heavy (non-hydrogen) atoms. The van der Waals surface area contributed by atoms with Gasteiger partial charge in [-0.05, 0) is 43.3 Å². The lowest BCUT2D eigenvalue weighted by atomic mass is 10.2. The molecule has 3 aromatic rings. The second-order valence-corrected chi connectivity index (χ2v) is 6.06. The molecular formula is C17H15N3O4S. The first-order valence-corrected chi connectivity index (χ1v) is 8.57. The second kappa shape index (κ2) is 7.80. The molecule has 0 N–H and O–H groups in total. The largest absolute Gasteiger partial charge is 0.494 e. The normalized spacial score (nSPS) is 10.6. The highest BCUT2D eigenvalue weighted by molar-refractivity contribution is 7.98. The molecule has 7 nitrogen and oxygen atoms in total. The Kier molecular flexibility index (Phi) is 5.30. The van der Waals surface area contributed by atoms with Crippen LogP contribution in [-0.2, 0) is 5.75 Å². The molecule has 0 spiro atoms. The Bertz CT molecular complexity index is 847. The summed E-state index contributed by atoms with van der Waals surface area (Å²) in [4.78, 5) is 15.6. The number of hydrogen-bond donors (Lipinski definition) is 0. The van der Waals surface area contributed by atoms with Gasteiger partial charge in [0.05, 0.1) is 17.3 Å². The van der Waals surface area contributed by atoms with E-state index in [1.165, 1.54) is 12.1 Å². The van der Waals surface area contributed by atoms with Gasteiger partial charge in [-0.15, -0.1) is 11.8 Å². The van der Waals surface area contributed by atoms with E-state index < -0.39 is 4.92 Å². The standard InChI is InChI=1S/C17H15N3O4S/c1-2-23-14-7-9-15(10-8-14)25-11-16-18-17(19-24-16)12-3-5-13(6-4-12)20(21)22/h3-10H,2,11H2,1H3. The van der Waals surface area contributed by atoms with Crippen LogP contribution in [0.25, 0.3) is 11.4 Å². The molecule has 0 saturated heterocycles. The van der Waals surface area contributed by atoms with Gasteiger partial charge in [0.1, 0.15) is 5.75 Å². The first-order chi connectivity index (χ1) is 12.2. The van der Waals surface area contributed by atoms with Crippen molar-refractivity contribution < 1.29 is 14.2 Å². The number of nitro benzene ring substituents is 1. The molecule has 1 aromatic heterocycles. The average Bonchev–Trinajstić information content (AvgIpc) is 3.10. The highest BCUT2D eigenvalue weighted by Crippen LogP contribution is 2.26. The average molecular weight is 357 g/mol. The van der Waals surface area contributed by atoms with E-state index in [-0.39, 0.29) is 5.69 Å². The van der Waals surface area contributed by atoms with E-state index in [1.54, 1.807) is 23.9 Å². The maximum atomic E-state index is 10.7. The lowest BCUT2D eigenvalue weighted by molar-refractivity contribution is -0.384. The number of hydrogen-bond acceptors (Lipinski definition) is 7. The van der Waals surface area contributed by atoms with Crippen LogP contribution in [0.3, 0.4) is 0 Å². The fourth-order valence-electron chi connectivity index (χ4n) is 2.11. The van der Waals surface area contributed by atoms with Gasteiger partial charge in [0.2, 0.25) is 11.7 Å². The van der Waals surface area contributed by atoms with Crippen LogP contribution in [0.15, 0.2) is 57.9 Å². The summed E-state index contributed by atoms with van der Waals surface area (Å²) in [5.41, 5.74) is 0.699. The summed E-state index contributed by atoms with van der Waals surface area (Å²) in [7, 11) is 0. The fraction of sp³-hybridized carbons (Fsp3) is 0.176. The molecule has 0 aliphatic rings. The van der Waals surface area contributed by atoms with Crippen LogP contribution in [0, 0.1) is 10.1 Å². The highest BCUT2D eigenvalue weighted by atomic mass is 32.2. The minimum absolute atomic E-state index is 0.0264. The summed E-state index contributed by atoms with van der Waals surface area (Å²) >= 11 is 1.57. The number of ether oxygens (including phenoxy) is 1. The summed E-state index contributed by atoms with van der Waals surface area (Å²) in [6.07, 6.45) is 0. The zero-order valence-electron chi connectivity index (χ0n) is 13.4. The van der Waals surface area contributed by atoms with Crippen LogP contribution in [0.4, 0.5) is 5.69 Å². The monoisotopic (exact) mass is 357 g/mol. The molecule has 0 unspecified atom stereocenters. The molecule has 0 aliphatic heterocycles. The van der Waals surface area contributed by atoms with Crippen LogP contribution in [0.5, 0.6) is 5.75 Å². The lowest BCUT2D eigenvalue weighted by Crippen LogP contribution is -1.90. The zero-order chi connectivity index (χ0) is 17.6. The van der Waals surface area contributed by atoms with Crippen LogP contribution in [0.1, 0.15) is 12.8 Å². The fourth-order valence-corrected chi connectivity index (χ4v) is 2.84. The molecule has 2 aromatic carbocycles. The van der Waals surface area contributed by atoms with E-state index in [0.29, 0.717) is 29.6 Å². The van der Waals surface area contributed by atoms with Crippen LogP contribution in [-0.4, -0.2) is 21.7 Å². The van der Waals surface area contributed by atoms with Crippen molar-refractivity contribution in [1.82, 2.24) is 10.1 Å². The number of rotatable bonds is 7. The first kappa shape index (κ1) is 17.0. The minimum atomic E-state index is -0.446. The Morgan fingerprint density at radius 2 is 1.88 bits per heavy atom. The number of thioether (sulfide) groups is 1. The van der Waals surface area contributed by atoms with Gasteiger partial charge in [0.25, 0.3) is 5.69 Å². The minimum Gasteiger partial charge on any atom is -0.494 e. The van der Waals surface area contributed by atoms with Gasteiger partial charge in [-0.2, -0.15) is 4.98 Å². The van der Waals surface area contributed by atoms with Crippen molar-refractivity contribution in [1.29, 1.82) is 0 Å². The maximum absolute atomic E-state index is 10.7. The Morgan fingerprint density at radius 1 is 1.16 bits per heavy atom. The number of nitro groups is 1. The van der Waals surface area contributed by atoms with Crippen LogP contribution in [0.2, 0.25) is 0 Å². The quantitative estimate of drug-likeness (QED) is 0.353. The first-order valence-electron chi connectivity index (χ1n) is 7.59. The number of nitrogens with zero attached hydrogens (tertiary/aromatic N) is 3. The summed E-state index contributed by atoms with van der Waals surface area (Å²) in [6.45, 7) is 2.58. The van der Waals surface area contributed by atoms with Gasteiger partial charge in [0.15, 0.2) is 0 Å². The van der Waals surface area contributed by atoms with Crippen LogP contribution >= 0.6 is 11.8 Å². The second-order valence-electron chi connectivity index (χ2n) is 5.01. The number of benzene rings is 2. The van der Waals surface area contributed by atoms with Crippen LogP contribution < -0.4 is 4.74 Å². The molecular weight excluding hydrogens is 342 g/mol. The third kappa shape index (κ3) is 4.36. The van der Waals surface area contributed by atoms with E-state index in [4.69, 9.17) is 9.26 Å². The molecule has 0 fully saturated rings. The van der Waals surface area contributed by atoms with Gasteiger partial charge in [-0.3, -0.25) is 10.1 Å². The summed E-state index contributed by atoms with van der Waals surface area (Å²) in [6, 6.07) is 13.8. The van der Waals surface area contributed by atoms with Crippen molar-refractivity contribution in [3.8, 4) is 17.1 Å².